The number of nitrogens with one attached hydrogen (secondary N) is 1. The van der Waals surface area contributed by atoms with Crippen molar-refractivity contribution in [3.8, 4) is 0 Å². The van der Waals surface area contributed by atoms with Crippen LogP contribution in [0.3, 0.4) is 0 Å². The Bertz CT molecular complexity index is 604. The maximum atomic E-state index is 12.1. The summed E-state index contributed by atoms with van der Waals surface area (Å²) < 4.78 is 0.256. The Morgan fingerprint density at radius 2 is 2.00 bits per heavy atom. The van der Waals surface area contributed by atoms with Crippen molar-refractivity contribution >= 4 is 39.2 Å². The van der Waals surface area contributed by atoms with Crippen LogP contribution in [0.25, 0.3) is 0 Å². The lowest BCUT2D eigenvalue weighted by atomic mass is 9.95. The number of carboxylic acids is 1. The lowest BCUT2D eigenvalue weighted by molar-refractivity contribution is -0.385. The minimum absolute atomic E-state index is 0.0997. The van der Waals surface area contributed by atoms with E-state index in [0.29, 0.717) is 24.9 Å². The Morgan fingerprint density at radius 3 is 2.57 bits per heavy atom. The van der Waals surface area contributed by atoms with E-state index in [-0.39, 0.29) is 16.1 Å². The highest BCUT2D eigenvalue weighted by Gasteiger charge is 2.37. The molecule has 1 saturated carbocycles. The topological polar surface area (TPSA) is 110 Å². The van der Waals surface area contributed by atoms with Crippen molar-refractivity contribution in [1.82, 2.24) is 0 Å². The molecule has 112 valence electrons. The van der Waals surface area contributed by atoms with Gasteiger partial charge in [-0.25, -0.2) is 0 Å². The lowest BCUT2D eigenvalue weighted by Crippen LogP contribution is -2.29. The van der Waals surface area contributed by atoms with E-state index < -0.39 is 22.7 Å². The smallest absolute Gasteiger partial charge is 0.307 e. The molecule has 1 aromatic carbocycles. The number of rotatable bonds is 4. The van der Waals surface area contributed by atoms with Crippen molar-refractivity contribution in [2.45, 2.75) is 19.3 Å². The van der Waals surface area contributed by atoms with Gasteiger partial charge in [-0.15, -0.1) is 0 Å². The van der Waals surface area contributed by atoms with Gasteiger partial charge in [-0.3, -0.25) is 19.7 Å². The van der Waals surface area contributed by atoms with Crippen LogP contribution < -0.4 is 5.32 Å². The molecule has 2 N–H and O–H groups in total. The average Bonchev–Trinajstić information content (AvgIpc) is 2.87. The zero-order valence-electron chi connectivity index (χ0n) is 10.9. The summed E-state index contributed by atoms with van der Waals surface area (Å²) in [6.45, 7) is 0. The van der Waals surface area contributed by atoms with Crippen LogP contribution in [0.15, 0.2) is 22.7 Å². The lowest BCUT2D eigenvalue weighted by Gasteiger charge is -2.15. The standard InChI is InChI=1S/C13H13BrN2O5/c14-10-6-7(4-5-11(10)16(20)21)15-12(17)8-2-1-3-9(8)13(18)19/h4-6,8-9H,1-3H2,(H,15,17)(H,18,19). The van der Waals surface area contributed by atoms with E-state index in [2.05, 4.69) is 21.2 Å². The molecule has 0 spiro atoms. The highest BCUT2D eigenvalue weighted by molar-refractivity contribution is 9.10. The molecule has 1 amide bonds. The largest absolute Gasteiger partial charge is 0.481 e. The second kappa shape index (κ2) is 6.21. The van der Waals surface area contributed by atoms with E-state index in [0.717, 1.165) is 0 Å². The van der Waals surface area contributed by atoms with Gasteiger partial charge in [0.15, 0.2) is 0 Å². The van der Waals surface area contributed by atoms with Crippen LogP contribution in [0, 0.1) is 22.0 Å². The number of nitro groups is 1. The molecule has 2 rings (SSSR count). The molecule has 1 fully saturated rings. The summed E-state index contributed by atoms with van der Waals surface area (Å²) in [6.07, 6.45) is 1.74. The molecular weight excluding hydrogens is 344 g/mol. The van der Waals surface area contributed by atoms with Crippen molar-refractivity contribution in [3.05, 3.63) is 32.8 Å². The summed E-state index contributed by atoms with van der Waals surface area (Å²) in [5, 5.41) is 22.4. The van der Waals surface area contributed by atoms with Gasteiger partial charge in [0.25, 0.3) is 5.69 Å². The van der Waals surface area contributed by atoms with Gasteiger partial charge in [0, 0.05) is 11.8 Å². The van der Waals surface area contributed by atoms with Crippen LogP contribution in [0.1, 0.15) is 19.3 Å². The summed E-state index contributed by atoms with van der Waals surface area (Å²) in [4.78, 5) is 33.4. The number of carbonyl (C=O) groups is 2. The Hall–Kier alpha value is -1.96. The van der Waals surface area contributed by atoms with Crippen molar-refractivity contribution in [2.75, 3.05) is 5.32 Å². The number of aliphatic carboxylic acids is 1. The summed E-state index contributed by atoms with van der Waals surface area (Å²) in [5.41, 5.74) is 0.297. The van der Waals surface area contributed by atoms with E-state index in [1.54, 1.807) is 0 Å². The van der Waals surface area contributed by atoms with Gasteiger partial charge >= 0.3 is 5.97 Å². The fraction of sp³-hybridized carbons (Fsp3) is 0.385. The number of hydrogen-bond acceptors (Lipinski definition) is 4. The Balaban J connectivity index is 2.11. The number of benzene rings is 1. The highest BCUT2D eigenvalue weighted by Crippen LogP contribution is 2.33. The number of anilines is 1. The summed E-state index contributed by atoms with van der Waals surface area (Å²) in [7, 11) is 0. The molecule has 8 heteroatoms. The Morgan fingerprint density at radius 1 is 1.33 bits per heavy atom. The molecule has 2 unspecified atom stereocenters. The Kier molecular flexibility index (Phi) is 4.56. The number of nitro benzene ring substituents is 1. The molecule has 0 bridgehead atoms. The maximum absolute atomic E-state index is 12.1. The molecule has 1 aliphatic rings. The zero-order chi connectivity index (χ0) is 15.6. The highest BCUT2D eigenvalue weighted by atomic mass is 79.9. The first-order valence-corrected chi connectivity index (χ1v) is 7.17. The van der Waals surface area contributed by atoms with Crippen LogP contribution in [-0.4, -0.2) is 21.9 Å². The van der Waals surface area contributed by atoms with E-state index >= 15 is 0 Å². The third kappa shape index (κ3) is 3.38. The first-order chi connectivity index (χ1) is 9.90. The molecule has 1 aromatic rings. The third-order valence-corrected chi connectivity index (χ3v) is 4.22. The van der Waals surface area contributed by atoms with Gasteiger partial charge in [-0.1, -0.05) is 6.42 Å². The molecule has 0 aliphatic heterocycles. The molecule has 2 atom stereocenters. The number of carboxylic acid groups (broad SMARTS) is 1. The molecule has 0 saturated heterocycles. The van der Waals surface area contributed by atoms with Crippen LogP contribution in [-0.2, 0) is 9.59 Å². The fourth-order valence-electron chi connectivity index (χ4n) is 2.54. The normalized spacial score (nSPS) is 21.0. The van der Waals surface area contributed by atoms with Gasteiger partial charge in [0.2, 0.25) is 5.91 Å². The average molecular weight is 357 g/mol. The first kappa shape index (κ1) is 15.4. The molecular formula is C13H13BrN2O5. The predicted molar refractivity (Wildman–Crippen MR) is 77.9 cm³/mol. The van der Waals surface area contributed by atoms with E-state index in [4.69, 9.17) is 5.11 Å². The first-order valence-electron chi connectivity index (χ1n) is 6.37. The minimum Gasteiger partial charge on any atom is -0.481 e. The number of halogens is 1. The molecule has 1 aliphatic carbocycles. The number of carbonyl (C=O) groups excluding carboxylic acids is 1. The van der Waals surface area contributed by atoms with Gasteiger partial charge in [-0.2, -0.15) is 0 Å². The molecule has 0 heterocycles. The second-order valence-electron chi connectivity index (χ2n) is 4.89. The Labute approximate surface area is 128 Å². The number of amides is 1. The van der Waals surface area contributed by atoms with Crippen molar-refractivity contribution in [3.63, 3.8) is 0 Å². The maximum Gasteiger partial charge on any atom is 0.307 e. The van der Waals surface area contributed by atoms with E-state index in [1.807, 2.05) is 0 Å². The number of nitrogens with zero attached hydrogens (tertiary/aromatic N) is 1. The van der Waals surface area contributed by atoms with E-state index in [1.165, 1.54) is 18.2 Å². The van der Waals surface area contributed by atoms with Crippen molar-refractivity contribution in [2.24, 2.45) is 11.8 Å². The molecule has 7 nitrogen and oxygen atoms in total. The monoisotopic (exact) mass is 356 g/mol. The van der Waals surface area contributed by atoms with Gasteiger partial charge in [0.1, 0.15) is 0 Å². The number of hydrogen-bond donors (Lipinski definition) is 2. The van der Waals surface area contributed by atoms with Gasteiger partial charge in [-0.05, 0) is 40.9 Å². The van der Waals surface area contributed by atoms with Crippen LogP contribution in [0.2, 0.25) is 0 Å². The van der Waals surface area contributed by atoms with Crippen LogP contribution >= 0.6 is 15.9 Å². The summed E-state index contributed by atoms with van der Waals surface area (Å²) in [5.74, 6) is -2.54. The van der Waals surface area contributed by atoms with E-state index in [9.17, 15) is 19.7 Å². The zero-order valence-corrected chi connectivity index (χ0v) is 12.5. The predicted octanol–water partition coefficient (Wildman–Crippen LogP) is 2.80. The van der Waals surface area contributed by atoms with Crippen molar-refractivity contribution in [1.29, 1.82) is 0 Å². The van der Waals surface area contributed by atoms with Crippen LogP contribution in [0.4, 0.5) is 11.4 Å². The van der Waals surface area contributed by atoms with Gasteiger partial charge < -0.3 is 10.4 Å². The fourth-order valence-corrected chi connectivity index (χ4v) is 3.06. The summed E-state index contributed by atoms with van der Waals surface area (Å²) >= 11 is 3.07. The molecule has 21 heavy (non-hydrogen) atoms. The quantitative estimate of drug-likeness (QED) is 0.636. The molecule has 0 aromatic heterocycles. The van der Waals surface area contributed by atoms with Crippen molar-refractivity contribution < 1.29 is 19.6 Å². The molecule has 0 radical (unpaired) electrons. The summed E-state index contributed by atoms with van der Waals surface area (Å²) in [6, 6.07) is 4.13. The second-order valence-corrected chi connectivity index (χ2v) is 5.75. The van der Waals surface area contributed by atoms with Gasteiger partial charge in [0.05, 0.1) is 21.2 Å². The SMILES string of the molecule is O=C(O)C1CCCC1C(=O)Nc1ccc([N+](=O)[O-])c(Br)c1. The third-order valence-electron chi connectivity index (χ3n) is 3.58. The van der Waals surface area contributed by atoms with Crippen LogP contribution in [0.5, 0.6) is 0 Å². The minimum atomic E-state index is -0.961.